The van der Waals surface area contributed by atoms with Crippen LogP contribution in [0.1, 0.15) is 45.6 Å². The van der Waals surface area contributed by atoms with E-state index in [4.69, 9.17) is 11.6 Å². The number of hydrogen-bond donors (Lipinski definition) is 1. The van der Waals surface area contributed by atoms with Gasteiger partial charge in [-0.3, -0.25) is 9.59 Å². The van der Waals surface area contributed by atoms with E-state index in [1.54, 1.807) is 24.3 Å². The third-order valence-electron chi connectivity index (χ3n) is 5.79. The zero-order valence-electron chi connectivity index (χ0n) is 16.6. The summed E-state index contributed by atoms with van der Waals surface area (Å²) in [5, 5.41) is 4.16. The van der Waals surface area contributed by atoms with Crippen LogP contribution in [-0.4, -0.2) is 43.8 Å². The topological polar surface area (TPSA) is 83.6 Å². The molecule has 2 aliphatic rings. The summed E-state index contributed by atoms with van der Waals surface area (Å²) in [6.45, 7) is 0.683. The summed E-state index contributed by atoms with van der Waals surface area (Å²) in [6, 6.07) is 6.79. The molecule has 1 saturated heterocycles. The van der Waals surface area contributed by atoms with Crippen LogP contribution < -0.4 is 5.32 Å². The highest BCUT2D eigenvalue weighted by Gasteiger charge is 2.32. The maximum Gasteiger partial charge on any atom is 0.228 e. The van der Waals surface area contributed by atoms with Gasteiger partial charge in [-0.25, -0.2) is 12.7 Å². The van der Waals surface area contributed by atoms with Gasteiger partial charge in [-0.1, -0.05) is 11.6 Å². The fourth-order valence-electron chi connectivity index (χ4n) is 4.14. The minimum atomic E-state index is -3.23. The molecule has 6 nitrogen and oxygen atoms in total. The maximum absolute atomic E-state index is 13.2. The summed E-state index contributed by atoms with van der Waals surface area (Å²) in [5.74, 6) is -0.514. The summed E-state index contributed by atoms with van der Waals surface area (Å²) in [4.78, 5) is 27.3. The van der Waals surface area contributed by atoms with Crippen LogP contribution >= 0.6 is 22.9 Å². The number of aryl methyl sites for hydroxylation is 1. The van der Waals surface area contributed by atoms with Gasteiger partial charge in [0.1, 0.15) is 5.00 Å². The van der Waals surface area contributed by atoms with Crippen molar-refractivity contribution in [3.05, 3.63) is 50.9 Å². The Balaban J connectivity index is 1.54. The van der Waals surface area contributed by atoms with Crippen molar-refractivity contribution in [2.75, 3.05) is 24.7 Å². The molecule has 0 unspecified atom stereocenters. The molecule has 1 aliphatic heterocycles. The number of piperidine rings is 1. The van der Waals surface area contributed by atoms with Gasteiger partial charge in [-0.15, -0.1) is 11.3 Å². The number of rotatable bonds is 5. The molecule has 1 amide bonds. The Morgan fingerprint density at radius 3 is 2.43 bits per heavy atom. The highest BCUT2D eigenvalue weighted by atomic mass is 35.5. The summed E-state index contributed by atoms with van der Waals surface area (Å²) in [5.41, 5.74) is 2.18. The number of halogens is 1. The molecule has 160 valence electrons. The number of carbonyl (C=O) groups excluding carboxylic acids is 2. The molecule has 0 atom stereocenters. The van der Waals surface area contributed by atoms with Gasteiger partial charge in [0.15, 0.2) is 5.78 Å². The molecule has 1 aliphatic carbocycles. The van der Waals surface area contributed by atoms with E-state index in [0.29, 0.717) is 47.1 Å². The van der Waals surface area contributed by atoms with E-state index in [9.17, 15) is 18.0 Å². The monoisotopic (exact) mass is 466 g/mol. The molecule has 1 fully saturated rings. The molecule has 30 heavy (non-hydrogen) atoms. The second-order valence-electron chi connectivity index (χ2n) is 7.82. The number of hydrogen-bond acceptors (Lipinski definition) is 5. The normalized spacial score (nSPS) is 17.7. The van der Waals surface area contributed by atoms with E-state index in [2.05, 4.69) is 5.32 Å². The van der Waals surface area contributed by atoms with Gasteiger partial charge < -0.3 is 5.32 Å². The van der Waals surface area contributed by atoms with E-state index >= 15 is 0 Å². The van der Waals surface area contributed by atoms with Crippen molar-refractivity contribution in [2.24, 2.45) is 5.92 Å². The van der Waals surface area contributed by atoms with E-state index in [0.717, 1.165) is 29.7 Å². The summed E-state index contributed by atoms with van der Waals surface area (Å²) in [6.07, 6.45) is 4.91. The Kier molecular flexibility index (Phi) is 6.03. The van der Waals surface area contributed by atoms with E-state index in [1.807, 2.05) is 0 Å². The van der Waals surface area contributed by atoms with Crippen LogP contribution in [0.2, 0.25) is 5.02 Å². The largest absolute Gasteiger partial charge is 0.317 e. The standard InChI is InChI=1S/C21H23ClN2O4S2/c1-30(27,28)24-11-9-14(10-12-24)20(26)23-21-18(16-3-2-4-17(16)29-21)19(25)13-5-7-15(22)8-6-13/h5-8,14H,2-4,9-12H2,1H3,(H,23,26). The Morgan fingerprint density at radius 1 is 1.13 bits per heavy atom. The number of fused-ring (bicyclic) bond motifs is 1. The number of ketones is 1. The molecule has 4 rings (SSSR count). The van der Waals surface area contributed by atoms with Crippen LogP contribution in [0.15, 0.2) is 24.3 Å². The molecule has 1 aromatic carbocycles. The second-order valence-corrected chi connectivity index (χ2v) is 11.3. The molecular formula is C21H23ClN2O4S2. The maximum atomic E-state index is 13.2. The molecule has 0 bridgehead atoms. The van der Waals surface area contributed by atoms with Crippen molar-refractivity contribution in [2.45, 2.75) is 32.1 Å². The van der Waals surface area contributed by atoms with Crippen molar-refractivity contribution in [3.8, 4) is 0 Å². The summed E-state index contributed by atoms with van der Waals surface area (Å²) >= 11 is 7.44. The SMILES string of the molecule is CS(=O)(=O)N1CCC(C(=O)Nc2sc3c(c2C(=O)c2ccc(Cl)cc2)CCC3)CC1. The molecule has 0 radical (unpaired) electrons. The zero-order chi connectivity index (χ0) is 21.5. The highest BCUT2D eigenvalue weighted by molar-refractivity contribution is 7.88. The van der Waals surface area contributed by atoms with Gasteiger partial charge in [0.25, 0.3) is 0 Å². The molecule has 0 saturated carbocycles. The Bertz CT molecular complexity index is 1080. The van der Waals surface area contributed by atoms with Gasteiger partial charge in [0, 0.05) is 34.5 Å². The lowest BCUT2D eigenvalue weighted by molar-refractivity contribution is -0.120. The van der Waals surface area contributed by atoms with Crippen molar-refractivity contribution >= 4 is 49.7 Å². The van der Waals surface area contributed by atoms with Crippen LogP contribution in [0.25, 0.3) is 0 Å². The summed E-state index contributed by atoms with van der Waals surface area (Å²) in [7, 11) is -3.23. The number of benzene rings is 1. The van der Waals surface area contributed by atoms with E-state index in [1.165, 1.54) is 21.9 Å². The van der Waals surface area contributed by atoms with Crippen LogP contribution in [0.5, 0.6) is 0 Å². The Hall–Kier alpha value is -1.74. The minimum Gasteiger partial charge on any atom is -0.317 e. The van der Waals surface area contributed by atoms with Gasteiger partial charge >= 0.3 is 0 Å². The predicted octanol–water partition coefficient (Wildman–Crippen LogP) is 3.73. The quantitative estimate of drug-likeness (QED) is 0.680. The number of nitrogens with one attached hydrogen (secondary N) is 1. The molecular weight excluding hydrogens is 444 g/mol. The van der Waals surface area contributed by atoms with Crippen molar-refractivity contribution in [1.82, 2.24) is 4.31 Å². The number of thiophene rings is 1. The minimum absolute atomic E-state index is 0.103. The van der Waals surface area contributed by atoms with Gasteiger partial charge in [0.2, 0.25) is 15.9 Å². The fraction of sp³-hybridized carbons (Fsp3) is 0.429. The lowest BCUT2D eigenvalue weighted by atomic mass is 9.96. The Morgan fingerprint density at radius 2 is 1.80 bits per heavy atom. The average Bonchev–Trinajstić information content (AvgIpc) is 3.28. The van der Waals surface area contributed by atoms with Crippen molar-refractivity contribution < 1.29 is 18.0 Å². The van der Waals surface area contributed by atoms with Gasteiger partial charge in [-0.05, 0) is 61.9 Å². The molecule has 1 aromatic heterocycles. The first kappa shape index (κ1) is 21.5. The van der Waals surface area contributed by atoms with Crippen LogP contribution in [0.3, 0.4) is 0 Å². The van der Waals surface area contributed by atoms with Crippen LogP contribution in [0, 0.1) is 5.92 Å². The fourth-order valence-corrected chi connectivity index (χ4v) is 6.43. The molecule has 0 spiro atoms. The first-order valence-electron chi connectivity index (χ1n) is 9.95. The third kappa shape index (κ3) is 4.32. The first-order valence-corrected chi connectivity index (χ1v) is 13.0. The zero-order valence-corrected chi connectivity index (χ0v) is 19.0. The average molecular weight is 467 g/mol. The first-order chi connectivity index (χ1) is 14.2. The number of anilines is 1. The molecule has 9 heteroatoms. The number of sulfonamides is 1. The number of amides is 1. The number of carbonyl (C=O) groups is 2. The Labute approximate surface area is 185 Å². The lowest BCUT2D eigenvalue weighted by Gasteiger charge is -2.29. The third-order valence-corrected chi connectivity index (χ3v) is 8.55. The van der Waals surface area contributed by atoms with Gasteiger partial charge in [0.05, 0.1) is 11.8 Å². The number of nitrogens with zero attached hydrogens (tertiary/aromatic N) is 1. The van der Waals surface area contributed by atoms with E-state index in [-0.39, 0.29) is 17.6 Å². The van der Waals surface area contributed by atoms with Crippen LogP contribution in [0.4, 0.5) is 5.00 Å². The second kappa shape index (κ2) is 8.42. The molecule has 2 heterocycles. The van der Waals surface area contributed by atoms with Crippen molar-refractivity contribution in [3.63, 3.8) is 0 Å². The predicted molar refractivity (Wildman–Crippen MR) is 119 cm³/mol. The molecule has 1 N–H and O–H groups in total. The van der Waals surface area contributed by atoms with Crippen LogP contribution in [-0.2, 0) is 27.7 Å². The lowest BCUT2D eigenvalue weighted by Crippen LogP contribution is -2.40. The van der Waals surface area contributed by atoms with E-state index < -0.39 is 10.0 Å². The van der Waals surface area contributed by atoms with Crippen molar-refractivity contribution in [1.29, 1.82) is 0 Å². The highest BCUT2D eigenvalue weighted by Crippen LogP contribution is 2.40. The smallest absolute Gasteiger partial charge is 0.228 e. The summed E-state index contributed by atoms with van der Waals surface area (Å²) < 4.78 is 24.8. The molecule has 2 aromatic rings. The van der Waals surface area contributed by atoms with Gasteiger partial charge in [-0.2, -0.15) is 0 Å².